The monoisotopic (exact) mass is 342 g/mol. The molecule has 0 saturated carbocycles. The summed E-state index contributed by atoms with van der Waals surface area (Å²) in [5.41, 5.74) is 0. The zero-order valence-electron chi connectivity index (χ0n) is 15.5. The first kappa shape index (κ1) is 19.2. The van der Waals surface area contributed by atoms with Gasteiger partial charge in [0.25, 0.3) is 0 Å². The molecule has 0 heterocycles. The first-order chi connectivity index (χ1) is 12.3. The van der Waals surface area contributed by atoms with Gasteiger partial charge >= 0.3 is 0 Å². The van der Waals surface area contributed by atoms with Crippen molar-refractivity contribution in [3.8, 4) is 23.0 Å². The summed E-state index contributed by atoms with van der Waals surface area (Å²) >= 11 is 0. The Morgan fingerprint density at radius 1 is 0.640 bits per heavy atom. The first-order valence-electron chi connectivity index (χ1n) is 9.46. The Kier molecular flexibility index (Phi) is 8.74. The van der Waals surface area contributed by atoms with Crippen LogP contribution in [0.2, 0.25) is 0 Å². The predicted octanol–water partition coefficient (Wildman–Crippen LogP) is 6.62. The molecule has 25 heavy (non-hydrogen) atoms. The lowest BCUT2D eigenvalue weighted by atomic mass is 10.2. The zero-order valence-corrected chi connectivity index (χ0v) is 15.5. The van der Waals surface area contributed by atoms with Crippen molar-refractivity contribution in [2.45, 2.75) is 52.4 Å². The van der Waals surface area contributed by atoms with E-state index in [1.807, 2.05) is 48.5 Å². The molecular weight excluding hydrogens is 312 g/mol. The minimum absolute atomic E-state index is 0.704. The van der Waals surface area contributed by atoms with Gasteiger partial charge in [-0.05, 0) is 37.1 Å². The highest BCUT2D eigenvalue weighted by molar-refractivity contribution is 5.47. The molecule has 0 amide bonds. The van der Waals surface area contributed by atoms with E-state index >= 15 is 0 Å². The van der Waals surface area contributed by atoms with E-state index in [0.29, 0.717) is 12.4 Å². The summed E-state index contributed by atoms with van der Waals surface area (Å²) in [6.45, 7) is 5.82. The molecule has 0 aliphatic rings. The van der Waals surface area contributed by atoms with Crippen LogP contribution in [0, 0.1) is 0 Å². The third kappa shape index (κ3) is 7.08. The molecule has 3 nitrogen and oxygen atoms in total. The summed E-state index contributed by atoms with van der Waals surface area (Å²) in [5.74, 6) is 3.09. The number of unbranched alkanes of at least 4 members (excludes halogenated alkanes) is 4. The first-order valence-corrected chi connectivity index (χ1v) is 9.46. The SMILES string of the molecule is CCCCCOc1ccc(OCCCCC)c(Oc2ccccc2)c1. The van der Waals surface area contributed by atoms with Crippen LogP contribution in [0.25, 0.3) is 0 Å². The molecule has 2 aromatic carbocycles. The van der Waals surface area contributed by atoms with Gasteiger partial charge in [0.15, 0.2) is 11.5 Å². The molecule has 0 unspecified atom stereocenters. The maximum atomic E-state index is 6.03. The van der Waals surface area contributed by atoms with E-state index in [0.717, 1.165) is 36.7 Å². The Balaban J connectivity index is 2.05. The van der Waals surface area contributed by atoms with E-state index in [1.54, 1.807) is 0 Å². The van der Waals surface area contributed by atoms with Crippen molar-refractivity contribution in [2.24, 2.45) is 0 Å². The van der Waals surface area contributed by atoms with E-state index in [2.05, 4.69) is 13.8 Å². The second-order valence-electron chi connectivity index (χ2n) is 6.13. The summed E-state index contributed by atoms with van der Waals surface area (Å²) in [5, 5.41) is 0. The molecule has 3 heteroatoms. The van der Waals surface area contributed by atoms with Crippen LogP contribution in [0.3, 0.4) is 0 Å². The number of rotatable bonds is 12. The Labute approximate surface area is 151 Å². The quantitative estimate of drug-likeness (QED) is 0.406. The molecule has 0 N–H and O–H groups in total. The highest BCUT2D eigenvalue weighted by Crippen LogP contribution is 2.35. The second-order valence-corrected chi connectivity index (χ2v) is 6.13. The predicted molar refractivity (Wildman–Crippen MR) is 103 cm³/mol. The molecule has 0 aliphatic carbocycles. The fourth-order valence-corrected chi connectivity index (χ4v) is 2.47. The molecule has 0 radical (unpaired) electrons. The van der Waals surface area contributed by atoms with Crippen molar-refractivity contribution in [1.82, 2.24) is 0 Å². The van der Waals surface area contributed by atoms with Crippen molar-refractivity contribution in [2.75, 3.05) is 13.2 Å². The molecule has 0 atom stereocenters. The van der Waals surface area contributed by atoms with Gasteiger partial charge in [0, 0.05) is 6.07 Å². The third-order valence-corrected chi connectivity index (χ3v) is 3.91. The number of para-hydroxylation sites is 1. The van der Waals surface area contributed by atoms with E-state index in [4.69, 9.17) is 14.2 Å². The van der Waals surface area contributed by atoms with Gasteiger partial charge in [-0.25, -0.2) is 0 Å². The average Bonchev–Trinajstić information content (AvgIpc) is 2.64. The minimum atomic E-state index is 0.704. The van der Waals surface area contributed by atoms with Gasteiger partial charge in [-0.1, -0.05) is 57.7 Å². The molecule has 2 aromatic rings. The van der Waals surface area contributed by atoms with Gasteiger partial charge in [0.2, 0.25) is 0 Å². The van der Waals surface area contributed by atoms with Crippen LogP contribution in [-0.4, -0.2) is 13.2 Å². The molecule has 0 aromatic heterocycles. The molecular formula is C22H30O3. The van der Waals surface area contributed by atoms with Gasteiger partial charge in [0.05, 0.1) is 13.2 Å². The third-order valence-electron chi connectivity index (χ3n) is 3.91. The topological polar surface area (TPSA) is 27.7 Å². The molecule has 136 valence electrons. The molecule has 0 aliphatic heterocycles. The lowest BCUT2D eigenvalue weighted by molar-refractivity contribution is 0.286. The maximum absolute atomic E-state index is 6.03. The van der Waals surface area contributed by atoms with Crippen LogP contribution in [0.1, 0.15) is 52.4 Å². The van der Waals surface area contributed by atoms with Crippen molar-refractivity contribution < 1.29 is 14.2 Å². The summed E-state index contributed by atoms with van der Waals surface area (Å²) < 4.78 is 17.8. The number of benzene rings is 2. The van der Waals surface area contributed by atoms with Crippen molar-refractivity contribution in [3.05, 3.63) is 48.5 Å². The minimum Gasteiger partial charge on any atom is -0.493 e. The second kappa shape index (κ2) is 11.4. The van der Waals surface area contributed by atoms with E-state index in [-0.39, 0.29) is 0 Å². The highest BCUT2D eigenvalue weighted by Gasteiger charge is 2.09. The summed E-state index contributed by atoms with van der Waals surface area (Å²) in [4.78, 5) is 0. The van der Waals surface area contributed by atoms with Gasteiger partial charge in [-0.15, -0.1) is 0 Å². The van der Waals surface area contributed by atoms with Crippen LogP contribution < -0.4 is 14.2 Å². The van der Waals surface area contributed by atoms with Crippen molar-refractivity contribution in [1.29, 1.82) is 0 Å². The van der Waals surface area contributed by atoms with E-state index < -0.39 is 0 Å². The standard InChI is InChI=1S/C22H30O3/c1-3-5-10-16-23-20-14-15-21(24-17-11-6-4-2)22(18-20)25-19-12-8-7-9-13-19/h7-9,12-15,18H,3-6,10-11,16-17H2,1-2H3. The smallest absolute Gasteiger partial charge is 0.172 e. The van der Waals surface area contributed by atoms with Crippen molar-refractivity contribution in [3.63, 3.8) is 0 Å². The van der Waals surface area contributed by atoms with Gasteiger partial charge < -0.3 is 14.2 Å². The summed E-state index contributed by atoms with van der Waals surface area (Å²) in [7, 11) is 0. The Morgan fingerprint density at radius 2 is 1.32 bits per heavy atom. The molecule has 0 saturated heterocycles. The molecule has 0 bridgehead atoms. The summed E-state index contributed by atoms with van der Waals surface area (Å²) in [6.07, 6.45) is 6.86. The molecule has 0 fully saturated rings. The highest BCUT2D eigenvalue weighted by atomic mass is 16.5. The Morgan fingerprint density at radius 3 is 2.00 bits per heavy atom. The van der Waals surface area contributed by atoms with E-state index in [1.165, 1.54) is 25.7 Å². The lowest BCUT2D eigenvalue weighted by Gasteiger charge is -2.14. The van der Waals surface area contributed by atoms with Crippen LogP contribution >= 0.6 is 0 Å². The largest absolute Gasteiger partial charge is 0.493 e. The van der Waals surface area contributed by atoms with Gasteiger partial charge in [0.1, 0.15) is 11.5 Å². The van der Waals surface area contributed by atoms with Crippen LogP contribution in [0.5, 0.6) is 23.0 Å². The normalized spacial score (nSPS) is 10.5. The van der Waals surface area contributed by atoms with Gasteiger partial charge in [-0.2, -0.15) is 0 Å². The number of ether oxygens (including phenoxy) is 3. The molecule has 0 spiro atoms. The Bertz CT molecular complexity index is 595. The van der Waals surface area contributed by atoms with Crippen LogP contribution in [-0.2, 0) is 0 Å². The van der Waals surface area contributed by atoms with E-state index in [9.17, 15) is 0 Å². The average molecular weight is 342 g/mol. The van der Waals surface area contributed by atoms with Crippen LogP contribution in [0.4, 0.5) is 0 Å². The summed E-state index contributed by atoms with van der Waals surface area (Å²) in [6, 6.07) is 15.6. The number of hydrogen-bond donors (Lipinski definition) is 0. The zero-order chi connectivity index (χ0) is 17.7. The maximum Gasteiger partial charge on any atom is 0.172 e. The number of hydrogen-bond acceptors (Lipinski definition) is 3. The van der Waals surface area contributed by atoms with Crippen molar-refractivity contribution >= 4 is 0 Å². The fraction of sp³-hybridized carbons (Fsp3) is 0.455. The Hall–Kier alpha value is -2.16. The lowest BCUT2D eigenvalue weighted by Crippen LogP contribution is -2.01. The van der Waals surface area contributed by atoms with Crippen LogP contribution in [0.15, 0.2) is 48.5 Å². The van der Waals surface area contributed by atoms with Gasteiger partial charge in [-0.3, -0.25) is 0 Å². The fourth-order valence-electron chi connectivity index (χ4n) is 2.47. The molecule has 2 rings (SSSR count).